The molecule has 1 saturated carbocycles. The first-order valence-electron chi connectivity index (χ1n) is 7.12. The second-order valence-corrected chi connectivity index (χ2v) is 7.02. The van der Waals surface area contributed by atoms with E-state index in [4.69, 9.17) is 17.3 Å². The molecular weight excluding hydrogens is 272 g/mol. The van der Waals surface area contributed by atoms with Gasteiger partial charge in [-0.2, -0.15) is 0 Å². The third-order valence-electron chi connectivity index (χ3n) is 4.34. The lowest BCUT2D eigenvalue weighted by atomic mass is 9.75. The van der Waals surface area contributed by atoms with Crippen LogP contribution in [0.4, 0.5) is 5.69 Å². The summed E-state index contributed by atoms with van der Waals surface area (Å²) in [5.41, 5.74) is 7.26. The van der Waals surface area contributed by atoms with Crippen molar-refractivity contribution in [2.75, 3.05) is 12.8 Å². The highest BCUT2D eigenvalue weighted by molar-refractivity contribution is 6.31. The zero-order valence-electron chi connectivity index (χ0n) is 12.4. The van der Waals surface area contributed by atoms with Crippen molar-refractivity contribution in [3.8, 4) is 0 Å². The van der Waals surface area contributed by atoms with Crippen LogP contribution in [0.1, 0.15) is 49.9 Å². The second kappa shape index (κ2) is 5.65. The van der Waals surface area contributed by atoms with Gasteiger partial charge in [-0.3, -0.25) is 4.79 Å². The molecule has 4 heteroatoms. The molecule has 20 heavy (non-hydrogen) atoms. The monoisotopic (exact) mass is 294 g/mol. The van der Waals surface area contributed by atoms with E-state index in [9.17, 15) is 4.79 Å². The largest absolute Gasteiger partial charge is 0.399 e. The number of nitrogens with zero attached hydrogens (tertiary/aromatic N) is 1. The smallest absolute Gasteiger partial charge is 0.253 e. The Bertz CT molecular complexity index is 483. The molecule has 1 aromatic rings. The average molecular weight is 295 g/mol. The minimum Gasteiger partial charge on any atom is -0.399 e. The molecule has 3 nitrogen and oxygen atoms in total. The Kier molecular flexibility index (Phi) is 4.28. The van der Waals surface area contributed by atoms with Crippen molar-refractivity contribution in [2.24, 2.45) is 5.41 Å². The van der Waals surface area contributed by atoms with E-state index in [2.05, 4.69) is 13.8 Å². The van der Waals surface area contributed by atoms with E-state index >= 15 is 0 Å². The standard InChI is InChI=1S/C16H23ClN2O/c1-16(2)6-4-14(5-7-16)19(3)15(20)11-8-12(17)10-13(18)9-11/h8-10,14H,4-7,18H2,1-3H3. The molecule has 0 atom stereocenters. The van der Waals surface area contributed by atoms with Crippen LogP contribution in [-0.2, 0) is 0 Å². The Labute approximate surface area is 126 Å². The summed E-state index contributed by atoms with van der Waals surface area (Å²) in [5.74, 6) is 0.00362. The first kappa shape index (κ1) is 15.2. The minimum absolute atomic E-state index is 0.00362. The Morgan fingerprint density at radius 2 is 1.90 bits per heavy atom. The van der Waals surface area contributed by atoms with E-state index in [0.29, 0.717) is 27.7 Å². The molecule has 1 aromatic carbocycles. The van der Waals surface area contributed by atoms with Crippen molar-refractivity contribution >= 4 is 23.2 Å². The van der Waals surface area contributed by atoms with E-state index in [1.807, 2.05) is 11.9 Å². The molecule has 0 spiro atoms. The zero-order valence-corrected chi connectivity index (χ0v) is 13.2. The first-order chi connectivity index (χ1) is 9.28. The fourth-order valence-corrected chi connectivity index (χ4v) is 3.12. The van der Waals surface area contributed by atoms with Crippen molar-refractivity contribution in [1.82, 2.24) is 4.90 Å². The van der Waals surface area contributed by atoms with Crippen LogP contribution in [0.25, 0.3) is 0 Å². The average Bonchev–Trinajstić information content (AvgIpc) is 2.36. The van der Waals surface area contributed by atoms with Crippen LogP contribution >= 0.6 is 11.6 Å². The van der Waals surface area contributed by atoms with Gasteiger partial charge in [0.2, 0.25) is 0 Å². The number of anilines is 1. The van der Waals surface area contributed by atoms with Crippen LogP contribution < -0.4 is 5.73 Å². The van der Waals surface area contributed by atoms with Crippen LogP contribution in [0.5, 0.6) is 0 Å². The molecule has 0 heterocycles. The van der Waals surface area contributed by atoms with Crippen molar-refractivity contribution in [3.05, 3.63) is 28.8 Å². The molecule has 2 N–H and O–H groups in total. The summed E-state index contributed by atoms with van der Waals surface area (Å²) < 4.78 is 0. The number of rotatable bonds is 2. The maximum Gasteiger partial charge on any atom is 0.253 e. The van der Waals surface area contributed by atoms with Crippen molar-refractivity contribution < 1.29 is 4.79 Å². The van der Waals surface area contributed by atoms with Gasteiger partial charge in [0.15, 0.2) is 0 Å². The predicted octanol–water partition coefficient (Wildman–Crippen LogP) is 3.96. The number of halogens is 1. The maximum atomic E-state index is 12.5. The number of nitrogens with two attached hydrogens (primary N) is 1. The second-order valence-electron chi connectivity index (χ2n) is 6.58. The first-order valence-corrected chi connectivity index (χ1v) is 7.49. The van der Waals surface area contributed by atoms with E-state index in [1.54, 1.807) is 18.2 Å². The number of carbonyl (C=O) groups excluding carboxylic acids is 1. The highest BCUT2D eigenvalue weighted by Gasteiger charge is 2.30. The van der Waals surface area contributed by atoms with Crippen LogP contribution in [0.2, 0.25) is 5.02 Å². The summed E-state index contributed by atoms with van der Waals surface area (Å²) >= 11 is 5.97. The molecule has 0 radical (unpaired) electrons. The highest BCUT2D eigenvalue weighted by Crippen LogP contribution is 2.37. The predicted molar refractivity (Wildman–Crippen MR) is 84.0 cm³/mol. The summed E-state index contributed by atoms with van der Waals surface area (Å²) in [7, 11) is 1.88. The summed E-state index contributed by atoms with van der Waals surface area (Å²) in [6.07, 6.45) is 4.44. The highest BCUT2D eigenvalue weighted by atomic mass is 35.5. The molecule has 0 bridgehead atoms. The molecule has 0 unspecified atom stereocenters. The van der Waals surface area contributed by atoms with Gasteiger partial charge in [0.05, 0.1) is 0 Å². The van der Waals surface area contributed by atoms with Gasteiger partial charge in [-0.05, 0) is 49.3 Å². The number of hydrogen-bond acceptors (Lipinski definition) is 2. The molecule has 1 aliphatic carbocycles. The fourth-order valence-electron chi connectivity index (χ4n) is 2.88. The summed E-state index contributed by atoms with van der Waals surface area (Å²) in [5, 5.41) is 0.506. The van der Waals surface area contributed by atoms with Crippen molar-refractivity contribution in [3.63, 3.8) is 0 Å². The summed E-state index contributed by atoms with van der Waals surface area (Å²) in [4.78, 5) is 14.4. The number of amides is 1. The summed E-state index contributed by atoms with van der Waals surface area (Å²) in [6.45, 7) is 4.59. The van der Waals surface area contributed by atoms with E-state index < -0.39 is 0 Å². The van der Waals surface area contributed by atoms with Gasteiger partial charge in [0.1, 0.15) is 0 Å². The molecular formula is C16H23ClN2O. The van der Waals surface area contributed by atoms with Crippen molar-refractivity contribution in [2.45, 2.75) is 45.6 Å². The minimum atomic E-state index is 0.00362. The lowest BCUT2D eigenvalue weighted by molar-refractivity contribution is 0.0635. The van der Waals surface area contributed by atoms with Gasteiger partial charge < -0.3 is 10.6 Å². The number of hydrogen-bond donors (Lipinski definition) is 1. The van der Waals surface area contributed by atoms with Gasteiger partial charge in [-0.15, -0.1) is 0 Å². The van der Waals surface area contributed by atoms with E-state index in [0.717, 1.165) is 25.7 Å². The third-order valence-corrected chi connectivity index (χ3v) is 4.56. The number of benzene rings is 1. The molecule has 1 amide bonds. The molecule has 110 valence electrons. The maximum absolute atomic E-state index is 12.5. The molecule has 0 aromatic heterocycles. The van der Waals surface area contributed by atoms with Crippen LogP contribution in [0.3, 0.4) is 0 Å². The lowest BCUT2D eigenvalue weighted by Crippen LogP contribution is -2.40. The van der Waals surface area contributed by atoms with Crippen LogP contribution in [-0.4, -0.2) is 23.9 Å². The molecule has 0 aliphatic heterocycles. The lowest BCUT2D eigenvalue weighted by Gasteiger charge is -2.38. The van der Waals surface area contributed by atoms with Crippen LogP contribution in [0, 0.1) is 5.41 Å². The molecule has 2 rings (SSSR count). The fraction of sp³-hybridized carbons (Fsp3) is 0.562. The quantitative estimate of drug-likeness (QED) is 0.839. The molecule has 1 aliphatic rings. The Hall–Kier alpha value is -1.22. The van der Waals surface area contributed by atoms with E-state index in [1.165, 1.54) is 0 Å². The molecule has 0 saturated heterocycles. The van der Waals surface area contributed by atoms with E-state index in [-0.39, 0.29) is 5.91 Å². The summed E-state index contributed by atoms with van der Waals surface area (Å²) in [6, 6.07) is 5.35. The van der Waals surface area contributed by atoms with Gasteiger partial charge in [-0.1, -0.05) is 25.4 Å². The topological polar surface area (TPSA) is 46.3 Å². The molecule has 1 fully saturated rings. The van der Waals surface area contributed by atoms with Gasteiger partial charge >= 0.3 is 0 Å². The van der Waals surface area contributed by atoms with Crippen LogP contribution in [0.15, 0.2) is 18.2 Å². The van der Waals surface area contributed by atoms with Gasteiger partial charge in [-0.25, -0.2) is 0 Å². The Morgan fingerprint density at radius 1 is 1.30 bits per heavy atom. The third kappa shape index (κ3) is 3.45. The Balaban J connectivity index is 2.09. The van der Waals surface area contributed by atoms with Crippen molar-refractivity contribution in [1.29, 1.82) is 0 Å². The van der Waals surface area contributed by atoms with Gasteiger partial charge in [0.25, 0.3) is 5.91 Å². The zero-order chi connectivity index (χ0) is 14.9. The normalized spacial score (nSPS) is 18.8. The SMILES string of the molecule is CN(C(=O)c1cc(N)cc(Cl)c1)C1CCC(C)(C)CC1. The van der Waals surface area contributed by atoms with Gasteiger partial charge in [0, 0.05) is 29.4 Å². The number of nitrogen functional groups attached to an aromatic ring is 1. The Morgan fingerprint density at radius 3 is 2.45 bits per heavy atom. The number of carbonyl (C=O) groups is 1.